The van der Waals surface area contributed by atoms with Crippen molar-refractivity contribution >= 4 is 5.69 Å². The molecule has 10 heavy (non-hydrogen) atoms. The summed E-state index contributed by atoms with van der Waals surface area (Å²) in [6.07, 6.45) is 5.05. The van der Waals surface area contributed by atoms with E-state index in [0.717, 1.165) is 5.69 Å². The Morgan fingerprint density at radius 2 is 2.40 bits per heavy atom. The Labute approximate surface area is 62.6 Å². The highest BCUT2D eigenvalue weighted by Crippen LogP contribution is 2.07. The van der Waals surface area contributed by atoms with E-state index in [0.29, 0.717) is 0 Å². The van der Waals surface area contributed by atoms with E-state index in [-0.39, 0.29) is 1.43 Å². The van der Waals surface area contributed by atoms with Crippen LogP contribution in [0.15, 0.2) is 24.3 Å². The van der Waals surface area contributed by atoms with Gasteiger partial charge in [-0.25, -0.2) is 0 Å². The highest BCUT2D eigenvalue weighted by molar-refractivity contribution is 5.48. The summed E-state index contributed by atoms with van der Waals surface area (Å²) in [4.78, 5) is 0. The van der Waals surface area contributed by atoms with Crippen LogP contribution in [0.4, 0.5) is 5.69 Å². The first-order valence-electron chi connectivity index (χ1n) is 3.11. The second-order valence-corrected chi connectivity index (χ2v) is 2.14. The van der Waals surface area contributed by atoms with E-state index in [1.807, 2.05) is 31.2 Å². The lowest BCUT2D eigenvalue weighted by Crippen LogP contribution is -1.86. The van der Waals surface area contributed by atoms with Crippen molar-refractivity contribution in [2.24, 2.45) is 0 Å². The summed E-state index contributed by atoms with van der Waals surface area (Å²) in [6, 6.07) is 10.3. The number of rotatable bonds is 1. The Kier molecular flexibility index (Phi) is 1.96. The van der Waals surface area contributed by atoms with Crippen molar-refractivity contribution in [3.05, 3.63) is 29.8 Å². The van der Waals surface area contributed by atoms with E-state index in [2.05, 4.69) is 11.4 Å². The molecule has 1 N–H and O–H groups in total. The van der Waals surface area contributed by atoms with E-state index < -0.39 is 0 Å². The number of terminal acetylenes is 1. The molecule has 0 aliphatic heterocycles. The molecule has 1 rings (SSSR count). The number of benzene rings is 1. The molecule has 0 atom stereocenters. The Bertz CT molecular complexity index is 263. The third kappa shape index (κ3) is 1.53. The fraction of sp³-hybridized carbons (Fsp3) is 0.111. The van der Waals surface area contributed by atoms with E-state index in [1.54, 1.807) is 0 Å². The van der Waals surface area contributed by atoms with Gasteiger partial charge in [-0.1, -0.05) is 18.6 Å². The Hall–Kier alpha value is -1.42. The second-order valence-electron chi connectivity index (χ2n) is 2.14. The van der Waals surface area contributed by atoms with Crippen LogP contribution in [0.3, 0.4) is 0 Å². The first kappa shape index (κ1) is 6.70. The molecule has 0 saturated heterocycles. The van der Waals surface area contributed by atoms with Gasteiger partial charge in [0, 0.05) is 13.2 Å². The predicted octanol–water partition coefficient (Wildman–Crippen LogP) is 2.24. The van der Waals surface area contributed by atoms with Crippen LogP contribution in [0, 0.1) is 19.4 Å². The molecule has 0 radical (unpaired) electrons. The van der Waals surface area contributed by atoms with Crippen LogP contribution in [0.25, 0.3) is 0 Å². The molecule has 0 saturated carbocycles. The topological polar surface area (TPSA) is 12.0 Å². The van der Waals surface area contributed by atoms with Crippen LogP contribution < -0.4 is 5.32 Å². The number of hydrogen-bond acceptors (Lipinski definition) is 1. The molecular weight excluding hydrogens is 122 g/mol. The van der Waals surface area contributed by atoms with Crippen LogP contribution in [-0.4, -0.2) is 0 Å². The lowest BCUT2D eigenvalue weighted by molar-refractivity contribution is 1.46. The standard InChI is InChI=1S/C9H9N.H2/c1-3-10-9-6-4-5-8(2)7-9;/h1,4-7,10H,2H3;1H. The molecule has 0 bridgehead atoms. The van der Waals surface area contributed by atoms with Gasteiger partial charge in [0.15, 0.2) is 0 Å². The Balaban J connectivity index is 0.000001000. The third-order valence-corrected chi connectivity index (χ3v) is 1.23. The summed E-state index contributed by atoms with van der Waals surface area (Å²) in [5, 5.41) is 2.78. The van der Waals surface area contributed by atoms with Crippen molar-refractivity contribution in [1.82, 2.24) is 0 Å². The fourth-order valence-electron chi connectivity index (χ4n) is 0.806. The van der Waals surface area contributed by atoms with Gasteiger partial charge in [0.05, 0.1) is 0 Å². The van der Waals surface area contributed by atoms with E-state index in [4.69, 9.17) is 6.42 Å². The van der Waals surface area contributed by atoms with Crippen molar-refractivity contribution in [1.29, 1.82) is 0 Å². The molecule has 1 aromatic rings. The molecule has 0 heterocycles. The van der Waals surface area contributed by atoms with Crippen molar-refractivity contribution in [2.45, 2.75) is 6.92 Å². The second kappa shape index (κ2) is 2.93. The molecule has 0 unspecified atom stereocenters. The first-order valence-corrected chi connectivity index (χ1v) is 3.11. The summed E-state index contributed by atoms with van der Waals surface area (Å²) in [5.41, 5.74) is 2.18. The van der Waals surface area contributed by atoms with Gasteiger partial charge in [0.1, 0.15) is 0 Å². The van der Waals surface area contributed by atoms with Crippen LogP contribution in [0.1, 0.15) is 6.99 Å². The molecule has 0 amide bonds. The van der Waals surface area contributed by atoms with Gasteiger partial charge in [-0.05, 0) is 24.6 Å². The van der Waals surface area contributed by atoms with Crippen molar-refractivity contribution < 1.29 is 1.43 Å². The summed E-state index contributed by atoms with van der Waals surface area (Å²) in [7, 11) is 0. The molecule has 1 nitrogen and oxygen atoms in total. The molecule has 0 fully saturated rings. The van der Waals surface area contributed by atoms with Crippen LogP contribution in [-0.2, 0) is 0 Å². The highest BCUT2D eigenvalue weighted by atomic mass is 14.8. The van der Waals surface area contributed by atoms with Crippen molar-refractivity contribution in [3.8, 4) is 12.5 Å². The number of aryl methyl sites for hydroxylation is 1. The number of hydrogen-bond donors (Lipinski definition) is 1. The number of nitrogens with one attached hydrogen (secondary N) is 1. The van der Waals surface area contributed by atoms with Gasteiger partial charge < -0.3 is 5.32 Å². The van der Waals surface area contributed by atoms with Crippen LogP contribution in [0.5, 0.6) is 0 Å². The average molecular weight is 133 g/mol. The largest absolute Gasteiger partial charge is 0.315 e. The minimum Gasteiger partial charge on any atom is -0.315 e. The Morgan fingerprint density at radius 1 is 1.60 bits per heavy atom. The maximum atomic E-state index is 5.05. The summed E-state index contributed by atoms with van der Waals surface area (Å²) >= 11 is 0. The van der Waals surface area contributed by atoms with Gasteiger partial charge >= 0.3 is 0 Å². The first-order chi connectivity index (χ1) is 4.83. The van der Waals surface area contributed by atoms with Crippen molar-refractivity contribution in [2.75, 3.05) is 5.32 Å². The maximum absolute atomic E-state index is 5.05. The average Bonchev–Trinajstić information content (AvgIpc) is 1.88. The SMILES string of the molecule is C#CNc1cccc(C)c1.[HH]. The van der Waals surface area contributed by atoms with Gasteiger partial charge in [-0.3, -0.25) is 0 Å². The molecule has 0 aliphatic carbocycles. The molecular formula is C9H11N. The van der Waals surface area contributed by atoms with E-state index in [1.165, 1.54) is 5.56 Å². The van der Waals surface area contributed by atoms with Gasteiger partial charge in [-0.15, -0.1) is 0 Å². The van der Waals surface area contributed by atoms with E-state index >= 15 is 0 Å². The maximum Gasteiger partial charge on any atom is 0.0461 e. The zero-order valence-corrected chi connectivity index (χ0v) is 5.89. The van der Waals surface area contributed by atoms with Crippen molar-refractivity contribution in [3.63, 3.8) is 0 Å². The predicted molar refractivity (Wildman–Crippen MR) is 45.7 cm³/mol. The summed E-state index contributed by atoms with van der Waals surface area (Å²) in [6.45, 7) is 2.03. The molecule has 52 valence electrons. The molecule has 1 heteroatoms. The normalized spacial score (nSPS) is 8.40. The lowest BCUT2D eigenvalue weighted by atomic mass is 10.2. The van der Waals surface area contributed by atoms with Crippen LogP contribution in [0.2, 0.25) is 0 Å². The highest BCUT2D eigenvalue weighted by Gasteiger charge is 1.86. The number of anilines is 1. The van der Waals surface area contributed by atoms with Gasteiger partial charge in [0.2, 0.25) is 0 Å². The molecule has 0 aliphatic rings. The smallest absolute Gasteiger partial charge is 0.0461 e. The van der Waals surface area contributed by atoms with Crippen LogP contribution >= 0.6 is 0 Å². The monoisotopic (exact) mass is 133 g/mol. The Morgan fingerprint density at radius 3 is 3.00 bits per heavy atom. The van der Waals surface area contributed by atoms with E-state index in [9.17, 15) is 0 Å². The third-order valence-electron chi connectivity index (χ3n) is 1.23. The molecule has 0 spiro atoms. The minimum atomic E-state index is 0. The molecule has 0 aromatic heterocycles. The summed E-state index contributed by atoms with van der Waals surface area (Å²) < 4.78 is 0. The van der Waals surface area contributed by atoms with Gasteiger partial charge in [0.25, 0.3) is 0 Å². The lowest BCUT2D eigenvalue weighted by Gasteiger charge is -1.97. The zero-order chi connectivity index (χ0) is 7.40. The quantitative estimate of drug-likeness (QED) is 0.457. The minimum absolute atomic E-state index is 0. The zero-order valence-electron chi connectivity index (χ0n) is 5.89. The summed E-state index contributed by atoms with van der Waals surface area (Å²) in [5.74, 6) is 0. The fourth-order valence-corrected chi connectivity index (χ4v) is 0.806. The van der Waals surface area contributed by atoms with Gasteiger partial charge in [-0.2, -0.15) is 0 Å². The molecule has 1 aromatic carbocycles.